The fourth-order valence-electron chi connectivity index (χ4n) is 3.39. The second-order valence-electron chi connectivity index (χ2n) is 5.63. The normalized spacial score (nSPS) is 24.1. The minimum atomic E-state index is -0.265. The lowest BCUT2D eigenvalue weighted by Gasteiger charge is -2.34. The average Bonchev–Trinajstić information content (AvgIpc) is 3.11. The fraction of sp³-hybridized carbons (Fsp3) is 0.400. The first-order valence-corrected chi connectivity index (χ1v) is 7.56. The number of benzene rings is 1. The second-order valence-corrected chi connectivity index (χ2v) is 6.06. The van der Waals surface area contributed by atoms with Crippen LogP contribution < -0.4 is 0 Å². The number of carbonyl (C=O) groups excluding carboxylic acids is 1. The van der Waals surface area contributed by atoms with Crippen molar-refractivity contribution in [3.8, 4) is 11.4 Å². The molecule has 108 valence electrons. The van der Waals surface area contributed by atoms with Gasteiger partial charge in [-0.15, -0.1) is 10.2 Å². The van der Waals surface area contributed by atoms with Gasteiger partial charge in [-0.2, -0.15) is 0 Å². The molecule has 2 atom stereocenters. The molecular formula is C15H15ClN4O. The number of fused-ring (bicyclic) bond motifs is 3. The van der Waals surface area contributed by atoms with Crippen molar-refractivity contribution in [2.75, 3.05) is 6.54 Å². The first kappa shape index (κ1) is 12.8. The van der Waals surface area contributed by atoms with Crippen LogP contribution in [-0.4, -0.2) is 32.1 Å². The van der Waals surface area contributed by atoms with Crippen LogP contribution in [0.4, 0.5) is 0 Å². The molecule has 0 N–H and O–H groups in total. The number of hydrogen-bond acceptors (Lipinski definition) is 3. The van der Waals surface area contributed by atoms with Gasteiger partial charge in [0, 0.05) is 17.1 Å². The Balaban J connectivity index is 1.88. The maximum atomic E-state index is 12.5. The molecule has 5 nitrogen and oxygen atoms in total. The quantitative estimate of drug-likeness (QED) is 0.814. The Morgan fingerprint density at radius 3 is 3.00 bits per heavy atom. The number of hydrogen-bond donors (Lipinski definition) is 0. The van der Waals surface area contributed by atoms with E-state index in [1.54, 1.807) is 0 Å². The first-order chi connectivity index (χ1) is 10.2. The number of carbonyl (C=O) groups is 1. The Bertz CT molecular complexity index is 726. The zero-order valence-electron chi connectivity index (χ0n) is 11.7. The third kappa shape index (κ3) is 1.80. The molecule has 4 rings (SSSR count). The molecule has 2 aromatic rings. The van der Waals surface area contributed by atoms with Crippen LogP contribution in [0.2, 0.25) is 5.02 Å². The average molecular weight is 303 g/mol. The summed E-state index contributed by atoms with van der Waals surface area (Å²) < 4.78 is 1.97. The van der Waals surface area contributed by atoms with Crippen molar-refractivity contribution in [3.05, 3.63) is 35.1 Å². The van der Waals surface area contributed by atoms with Crippen LogP contribution in [0.1, 0.15) is 37.7 Å². The van der Waals surface area contributed by atoms with E-state index in [0.29, 0.717) is 5.02 Å². The topological polar surface area (TPSA) is 51.0 Å². The predicted octanol–water partition coefficient (Wildman–Crippen LogP) is 2.84. The van der Waals surface area contributed by atoms with Crippen molar-refractivity contribution in [1.82, 2.24) is 19.7 Å². The summed E-state index contributed by atoms with van der Waals surface area (Å²) in [6, 6.07) is 7.33. The van der Waals surface area contributed by atoms with Gasteiger partial charge in [-0.1, -0.05) is 23.7 Å². The summed E-state index contributed by atoms with van der Waals surface area (Å²) in [7, 11) is 0. The van der Waals surface area contributed by atoms with Gasteiger partial charge in [-0.25, -0.2) is 0 Å². The van der Waals surface area contributed by atoms with Crippen LogP contribution in [0.3, 0.4) is 0 Å². The van der Waals surface area contributed by atoms with Gasteiger partial charge in [0.1, 0.15) is 6.04 Å². The van der Waals surface area contributed by atoms with Crippen LogP contribution in [0.25, 0.3) is 11.4 Å². The Kier molecular flexibility index (Phi) is 2.79. The van der Waals surface area contributed by atoms with E-state index in [4.69, 9.17) is 11.6 Å². The molecule has 1 aromatic heterocycles. The summed E-state index contributed by atoms with van der Waals surface area (Å²) in [4.78, 5) is 14.5. The highest BCUT2D eigenvalue weighted by Crippen LogP contribution is 2.40. The maximum absolute atomic E-state index is 12.5. The van der Waals surface area contributed by atoms with Gasteiger partial charge < -0.3 is 4.90 Å². The molecule has 0 aliphatic carbocycles. The summed E-state index contributed by atoms with van der Waals surface area (Å²) in [6.07, 6.45) is 1.99. The number of nitrogens with zero attached hydrogens (tertiary/aromatic N) is 4. The SMILES string of the molecule is C[C@H]1C(=O)N2CCC[C@H]2c2nnc(-c3cccc(Cl)c3)n21. The Morgan fingerprint density at radius 1 is 1.33 bits per heavy atom. The standard InChI is InChI=1S/C15H15ClN4O/c1-9-15(21)19-7-3-6-12(19)14-18-17-13(20(9)14)10-4-2-5-11(16)8-10/h2,4-5,8-9,12H,3,6-7H2,1H3/t9-,12-/m0/s1. The molecule has 0 unspecified atom stereocenters. The summed E-state index contributed by atoms with van der Waals surface area (Å²) >= 11 is 6.07. The fourth-order valence-corrected chi connectivity index (χ4v) is 3.58. The van der Waals surface area contributed by atoms with E-state index in [-0.39, 0.29) is 18.0 Å². The van der Waals surface area contributed by atoms with Gasteiger partial charge in [-0.05, 0) is 31.9 Å². The summed E-state index contributed by atoms with van der Waals surface area (Å²) in [6.45, 7) is 2.74. The highest BCUT2D eigenvalue weighted by atomic mass is 35.5. The lowest BCUT2D eigenvalue weighted by Crippen LogP contribution is -2.42. The van der Waals surface area contributed by atoms with Gasteiger partial charge in [0.05, 0.1) is 6.04 Å². The zero-order valence-corrected chi connectivity index (χ0v) is 12.4. The number of amides is 1. The highest BCUT2D eigenvalue weighted by Gasteiger charge is 2.42. The van der Waals surface area contributed by atoms with Gasteiger partial charge >= 0.3 is 0 Å². The summed E-state index contributed by atoms with van der Waals surface area (Å²) in [5.41, 5.74) is 0.896. The van der Waals surface area contributed by atoms with Gasteiger partial charge in [0.15, 0.2) is 11.6 Å². The molecule has 1 fully saturated rings. The van der Waals surface area contributed by atoms with E-state index in [0.717, 1.165) is 36.6 Å². The third-order valence-corrected chi connectivity index (χ3v) is 4.62. The monoisotopic (exact) mass is 302 g/mol. The molecule has 1 saturated heterocycles. The number of halogens is 1. The first-order valence-electron chi connectivity index (χ1n) is 7.18. The second kappa shape index (κ2) is 4.56. The van der Waals surface area contributed by atoms with E-state index < -0.39 is 0 Å². The van der Waals surface area contributed by atoms with Crippen LogP contribution in [-0.2, 0) is 4.79 Å². The molecule has 0 spiro atoms. The Labute approximate surface area is 127 Å². The van der Waals surface area contributed by atoms with Crippen molar-refractivity contribution in [1.29, 1.82) is 0 Å². The van der Waals surface area contributed by atoms with Gasteiger partial charge in [0.2, 0.25) is 5.91 Å². The van der Waals surface area contributed by atoms with Crippen molar-refractivity contribution < 1.29 is 4.79 Å². The zero-order chi connectivity index (χ0) is 14.6. The Hall–Kier alpha value is -1.88. The van der Waals surface area contributed by atoms with Crippen molar-refractivity contribution in [2.45, 2.75) is 31.8 Å². The smallest absolute Gasteiger partial charge is 0.246 e. The third-order valence-electron chi connectivity index (χ3n) is 4.38. The van der Waals surface area contributed by atoms with E-state index in [1.807, 2.05) is 40.7 Å². The molecule has 1 amide bonds. The molecule has 2 aliphatic heterocycles. The van der Waals surface area contributed by atoms with E-state index in [9.17, 15) is 4.79 Å². The maximum Gasteiger partial charge on any atom is 0.246 e. The van der Waals surface area contributed by atoms with Gasteiger partial charge in [-0.3, -0.25) is 9.36 Å². The minimum absolute atomic E-state index is 0.0779. The van der Waals surface area contributed by atoms with Crippen molar-refractivity contribution in [2.24, 2.45) is 0 Å². The van der Waals surface area contributed by atoms with Crippen LogP contribution in [0.5, 0.6) is 0 Å². The van der Waals surface area contributed by atoms with Crippen LogP contribution in [0.15, 0.2) is 24.3 Å². The molecule has 3 heterocycles. The van der Waals surface area contributed by atoms with Crippen molar-refractivity contribution >= 4 is 17.5 Å². The number of rotatable bonds is 1. The van der Waals surface area contributed by atoms with E-state index in [2.05, 4.69) is 10.2 Å². The summed E-state index contributed by atoms with van der Waals surface area (Å²) in [5, 5.41) is 9.35. The van der Waals surface area contributed by atoms with Gasteiger partial charge in [0.25, 0.3) is 0 Å². The lowest BCUT2D eigenvalue weighted by molar-refractivity contribution is -0.137. The van der Waals surface area contributed by atoms with Crippen LogP contribution in [0, 0.1) is 0 Å². The molecule has 0 radical (unpaired) electrons. The Morgan fingerprint density at radius 2 is 2.19 bits per heavy atom. The molecule has 6 heteroatoms. The molecule has 2 aliphatic rings. The molecular weight excluding hydrogens is 288 g/mol. The van der Waals surface area contributed by atoms with Crippen molar-refractivity contribution in [3.63, 3.8) is 0 Å². The number of aromatic nitrogens is 3. The van der Waals surface area contributed by atoms with E-state index >= 15 is 0 Å². The largest absolute Gasteiger partial charge is 0.331 e. The van der Waals surface area contributed by atoms with Crippen LogP contribution >= 0.6 is 11.6 Å². The van der Waals surface area contributed by atoms with E-state index in [1.165, 1.54) is 0 Å². The highest BCUT2D eigenvalue weighted by molar-refractivity contribution is 6.30. The molecule has 0 bridgehead atoms. The molecule has 21 heavy (non-hydrogen) atoms. The summed E-state index contributed by atoms with van der Waals surface area (Å²) in [5.74, 6) is 1.78. The predicted molar refractivity (Wildman–Crippen MR) is 78.9 cm³/mol. The molecule has 1 aromatic carbocycles. The minimum Gasteiger partial charge on any atom is -0.331 e. The molecule has 0 saturated carbocycles. The lowest BCUT2D eigenvalue weighted by atomic mass is 10.1.